The second-order valence-corrected chi connectivity index (χ2v) is 2.65. The zero-order chi connectivity index (χ0) is 9.35. The van der Waals surface area contributed by atoms with E-state index in [9.17, 15) is 9.59 Å². The van der Waals surface area contributed by atoms with Crippen molar-refractivity contribution in [1.29, 1.82) is 0 Å². The number of hydrogen-bond donors (Lipinski definition) is 2. The van der Waals surface area contributed by atoms with Crippen molar-refractivity contribution in [1.82, 2.24) is 0 Å². The number of cyclic esters (lactones) is 1. The van der Waals surface area contributed by atoms with Gasteiger partial charge in [-0.1, -0.05) is 5.16 Å². The molecule has 1 heterocycles. The van der Waals surface area contributed by atoms with E-state index in [1.807, 2.05) is 0 Å². The van der Waals surface area contributed by atoms with Gasteiger partial charge in [-0.3, -0.25) is 0 Å². The van der Waals surface area contributed by atoms with Gasteiger partial charge in [-0.15, -0.1) is 0 Å². The molecule has 1 saturated heterocycles. The van der Waals surface area contributed by atoms with Crippen molar-refractivity contribution < 1.29 is 24.6 Å². The van der Waals surface area contributed by atoms with Crippen LogP contribution in [-0.2, 0) is 14.3 Å². The fourth-order valence-electron chi connectivity index (χ4n) is 0.887. The molecule has 1 unspecified atom stereocenters. The van der Waals surface area contributed by atoms with Crippen molar-refractivity contribution in [3.05, 3.63) is 0 Å². The second-order valence-electron chi connectivity index (χ2n) is 2.65. The molecule has 1 rings (SSSR count). The zero-order valence-electron chi connectivity index (χ0n) is 6.27. The average Bonchev–Trinajstić information content (AvgIpc) is 2.27. The average molecular weight is 173 g/mol. The van der Waals surface area contributed by atoms with Crippen LogP contribution in [0.4, 0.5) is 0 Å². The first kappa shape index (κ1) is 8.51. The zero-order valence-corrected chi connectivity index (χ0v) is 6.27. The Bertz CT molecular complexity index is 271. The van der Waals surface area contributed by atoms with Gasteiger partial charge < -0.3 is 15.1 Å². The van der Waals surface area contributed by atoms with E-state index in [2.05, 4.69) is 9.89 Å². The van der Waals surface area contributed by atoms with Gasteiger partial charge in [0, 0.05) is 0 Å². The second kappa shape index (κ2) is 2.47. The lowest BCUT2D eigenvalue weighted by Gasteiger charge is -2.14. The molecule has 0 aromatic carbocycles. The lowest BCUT2D eigenvalue weighted by molar-refractivity contribution is -0.166. The van der Waals surface area contributed by atoms with Crippen LogP contribution in [0.2, 0.25) is 0 Å². The summed E-state index contributed by atoms with van der Waals surface area (Å²) in [7, 11) is 0. The summed E-state index contributed by atoms with van der Waals surface area (Å²) in [6.07, 6.45) is -0.211. The predicted molar refractivity (Wildman–Crippen MR) is 36.0 cm³/mol. The van der Waals surface area contributed by atoms with E-state index in [0.29, 0.717) is 0 Å². The highest BCUT2D eigenvalue weighted by Crippen LogP contribution is 2.24. The maximum Gasteiger partial charge on any atom is 0.357 e. The molecule has 1 aliphatic heterocycles. The molecule has 0 amide bonds. The summed E-state index contributed by atoms with van der Waals surface area (Å²) in [6.45, 7) is 1.24. The number of ether oxygens (including phenoxy) is 1. The maximum atomic E-state index is 10.7. The van der Waals surface area contributed by atoms with Gasteiger partial charge in [-0.25, -0.2) is 9.59 Å². The third-order valence-corrected chi connectivity index (χ3v) is 1.63. The number of carbonyl (C=O) groups excluding carboxylic acids is 1. The Labute approximate surface area is 67.4 Å². The van der Waals surface area contributed by atoms with E-state index in [1.54, 1.807) is 0 Å². The first-order valence-electron chi connectivity index (χ1n) is 3.17. The van der Waals surface area contributed by atoms with Crippen molar-refractivity contribution >= 4 is 17.7 Å². The van der Waals surface area contributed by atoms with Gasteiger partial charge in [0.25, 0.3) is 0 Å². The Morgan fingerprint density at radius 3 is 2.58 bits per heavy atom. The highest BCUT2D eigenvalue weighted by atomic mass is 16.6. The van der Waals surface area contributed by atoms with Crippen molar-refractivity contribution in [2.45, 2.75) is 18.9 Å². The number of esters is 1. The molecule has 66 valence electrons. The predicted octanol–water partition coefficient (Wildman–Crippen LogP) is -0.393. The first-order chi connectivity index (χ1) is 5.49. The summed E-state index contributed by atoms with van der Waals surface area (Å²) >= 11 is 0. The van der Waals surface area contributed by atoms with Gasteiger partial charge in [0.05, 0.1) is 6.42 Å². The third kappa shape index (κ3) is 1.11. The lowest BCUT2D eigenvalue weighted by Crippen LogP contribution is -2.34. The van der Waals surface area contributed by atoms with Crippen LogP contribution in [0.5, 0.6) is 0 Å². The Balaban J connectivity index is 2.92. The van der Waals surface area contributed by atoms with Gasteiger partial charge in [-0.2, -0.15) is 0 Å². The van der Waals surface area contributed by atoms with E-state index >= 15 is 0 Å². The normalized spacial score (nSPS) is 32.1. The number of nitrogens with zero attached hydrogens (tertiary/aromatic N) is 1. The van der Waals surface area contributed by atoms with Crippen molar-refractivity contribution in [3.8, 4) is 0 Å². The molecule has 0 radical (unpaired) electrons. The molecule has 0 spiro atoms. The minimum atomic E-state index is -1.58. The van der Waals surface area contributed by atoms with Crippen molar-refractivity contribution in [3.63, 3.8) is 0 Å². The van der Waals surface area contributed by atoms with Crippen LogP contribution < -0.4 is 0 Å². The van der Waals surface area contributed by atoms with Crippen LogP contribution in [-0.4, -0.2) is 33.6 Å². The number of carboxylic acids is 1. The largest absolute Gasteiger partial charge is 0.478 e. The van der Waals surface area contributed by atoms with E-state index in [1.165, 1.54) is 6.92 Å². The summed E-state index contributed by atoms with van der Waals surface area (Å²) in [5.74, 6) is -2.14. The van der Waals surface area contributed by atoms with Gasteiger partial charge in [0.15, 0.2) is 5.71 Å². The van der Waals surface area contributed by atoms with Gasteiger partial charge in [0.2, 0.25) is 5.60 Å². The van der Waals surface area contributed by atoms with E-state index in [0.717, 1.165) is 0 Å². The quantitative estimate of drug-likeness (QED) is 0.319. The number of carbonyl (C=O) groups is 2. The molecule has 12 heavy (non-hydrogen) atoms. The van der Waals surface area contributed by atoms with E-state index in [4.69, 9.17) is 10.3 Å². The number of oxime groups is 1. The molecule has 0 bridgehead atoms. The number of aliphatic carboxylic acids is 1. The molecule has 0 aromatic rings. The van der Waals surface area contributed by atoms with Crippen LogP contribution >= 0.6 is 0 Å². The standard InChI is InChI=1S/C6H7NO5/c1-6(5(9)10)2-3(7-11)4(8)12-6/h11H,2H2,1H3,(H,9,10)/b7-3+. The Hall–Kier alpha value is -1.59. The highest BCUT2D eigenvalue weighted by Gasteiger charge is 2.47. The number of hydrogen-bond acceptors (Lipinski definition) is 5. The molecule has 6 heteroatoms. The minimum Gasteiger partial charge on any atom is -0.478 e. The van der Waals surface area contributed by atoms with Gasteiger partial charge in [0.1, 0.15) is 0 Å². The minimum absolute atomic E-state index is 0.211. The molecule has 1 fully saturated rings. The fraction of sp³-hybridized carbons (Fsp3) is 0.500. The van der Waals surface area contributed by atoms with E-state index < -0.39 is 17.5 Å². The van der Waals surface area contributed by atoms with Crippen molar-refractivity contribution in [2.24, 2.45) is 5.16 Å². The molecule has 1 aliphatic rings. The summed E-state index contributed by atoms with van der Waals surface area (Å²) in [4.78, 5) is 21.3. The van der Waals surface area contributed by atoms with Crippen LogP contribution in [0.15, 0.2) is 5.16 Å². The van der Waals surface area contributed by atoms with Crippen molar-refractivity contribution in [2.75, 3.05) is 0 Å². The smallest absolute Gasteiger partial charge is 0.357 e. The topological polar surface area (TPSA) is 96.2 Å². The Morgan fingerprint density at radius 2 is 2.33 bits per heavy atom. The van der Waals surface area contributed by atoms with Crippen LogP contribution in [0.1, 0.15) is 13.3 Å². The summed E-state index contributed by atoms with van der Waals surface area (Å²) in [5, 5.41) is 19.5. The van der Waals surface area contributed by atoms with Crippen LogP contribution in [0.3, 0.4) is 0 Å². The molecule has 0 saturated carbocycles. The maximum absolute atomic E-state index is 10.7. The molecule has 6 nitrogen and oxygen atoms in total. The Kier molecular flexibility index (Phi) is 1.75. The summed E-state index contributed by atoms with van der Waals surface area (Å²) in [6, 6.07) is 0. The number of rotatable bonds is 1. The monoisotopic (exact) mass is 173 g/mol. The summed E-state index contributed by atoms with van der Waals surface area (Å²) < 4.78 is 4.48. The SMILES string of the molecule is CC1(C(=O)O)C/C(=N\O)C(=O)O1. The molecular formula is C6H7NO5. The number of carboxylic acid groups (broad SMARTS) is 1. The molecule has 0 aliphatic carbocycles. The van der Waals surface area contributed by atoms with Crippen LogP contribution in [0.25, 0.3) is 0 Å². The molecular weight excluding hydrogens is 166 g/mol. The molecule has 1 atom stereocenters. The third-order valence-electron chi connectivity index (χ3n) is 1.63. The molecule has 2 N–H and O–H groups in total. The van der Waals surface area contributed by atoms with E-state index in [-0.39, 0.29) is 12.1 Å². The van der Waals surface area contributed by atoms with Crippen LogP contribution in [0, 0.1) is 0 Å². The lowest BCUT2D eigenvalue weighted by atomic mass is 10.0. The highest BCUT2D eigenvalue weighted by molar-refractivity contribution is 6.39. The first-order valence-corrected chi connectivity index (χ1v) is 3.17. The Morgan fingerprint density at radius 1 is 1.75 bits per heavy atom. The van der Waals surface area contributed by atoms with Gasteiger partial charge in [-0.05, 0) is 6.92 Å². The molecule has 0 aromatic heterocycles. The summed E-state index contributed by atoms with van der Waals surface area (Å²) in [5.41, 5.74) is -1.85. The fourth-order valence-corrected chi connectivity index (χ4v) is 0.887. The van der Waals surface area contributed by atoms with Gasteiger partial charge >= 0.3 is 11.9 Å².